The number of nitrogens with zero attached hydrogens (tertiary/aromatic N) is 3. The molecule has 5 nitrogen and oxygen atoms in total. The Balaban J connectivity index is 2.02. The summed E-state index contributed by atoms with van der Waals surface area (Å²) in [6, 6.07) is 0. The molecule has 0 aliphatic carbocycles. The maximum atomic E-state index is 5.45. The summed E-state index contributed by atoms with van der Waals surface area (Å²) < 4.78 is 6.94. The van der Waals surface area contributed by atoms with Crippen LogP contribution in [0.25, 0.3) is 0 Å². The fourth-order valence-electron chi connectivity index (χ4n) is 0.981. The molecule has 0 atom stereocenters. The summed E-state index contributed by atoms with van der Waals surface area (Å²) in [6.07, 6.45) is 1.54. The van der Waals surface area contributed by atoms with Crippen molar-refractivity contribution in [3.63, 3.8) is 0 Å². The van der Waals surface area contributed by atoms with Crippen LogP contribution in [0.5, 0.6) is 0 Å². The monoisotopic (exact) mass is 218 g/mol. The molecule has 1 aromatic rings. The molecule has 0 saturated heterocycles. The van der Waals surface area contributed by atoms with Crippen LogP contribution in [0, 0.1) is 0 Å². The van der Waals surface area contributed by atoms with Gasteiger partial charge >= 0.3 is 0 Å². The van der Waals surface area contributed by atoms with Crippen molar-refractivity contribution in [1.82, 2.24) is 20.1 Å². The van der Waals surface area contributed by atoms with E-state index < -0.39 is 0 Å². The molecule has 14 heavy (non-hydrogen) atoms. The van der Waals surface area contributed by atoms with Crippen molar-refractivity contribution in [2.75, 3.05) is 25.6 Å². The summed E-state index contributed by atoms with van der Waals surface area (Å²) in [4.78, 5) is 4.08. The van der Waals surface area contributed by atoms with Crippen LogP contribution < -0.4 is 5.32 Å². The number of ether oxygens (including phenoxy) is 1. The van der Waals surface area contributed by atoms with E-state index in [4.69, 9.17) is 16.3 Å². The molecule has 1 rings (SSSR count). The first-order valence-electron chi connectivity index (χ1n) is 4.52. The molecule has 0 aliphatic rings. The van der Waals surface area contributed by atoms with E-state index in [0.717, 1.165) is 12.4 Å². The second kappa shape index (κ2) is 6.75. The first kappa shape index (κ1) is 11.4. The minimum Gasteiger partial charge on any atom is -0.379 e. The van der Waals surface area contributed by atoms with Gasteiger partial charge in [0.05, 0.1) is 19.8 Å². The summed E-state index contributed by atoms with van der Waals surface area (Å²) in [6.45, 7) is 2.78. The van der Waals surface area contributed by atoms with Gasteiger partial charge in [-0.25, -0.2) is 4.98 Å². The van der Waals surface area contributed by atoms with Gasteiger partial charge in [-0.15, -0.1) is 11.6 Å². The van der Waals surface area contributed by atoms with E-state index in [2.05, 4.69) is 15.4 Å². The Kier molecular flexibility index (Phi) is 5.51. The van der Waals surface area contributed by atoms with E-state index in [1.54, 1.807) is 11.0 Å². The Morgan fingerprint density at radius 1 is 1.57 bits per heavy atom. The van der Waals surface area contributed by atoms with Gasteiger partial charge in [-0.05, 0) is 0 Å². The predicted octanol–water partition coefficient (Wildman–Crippen LogP) is 0.160. The third-order valence-electron chi connectivity index (χ3n) is 1.73. The molecule has 0 aliphatic heterocycles. The smallest absolute Gasteiger partial charge is 0.140 e. The lowest BCUT2D eigenvalue weighted by atomic mass is 10.5. The number of nitrogens with one attached hydrogen (secondary N) is 1. The summed E-state index contributed by atoms with van der Waals surface area (Å²) in [5.41, 5.74) is 0. The minimum atomic E-state index is 0.545. The quantitative estimate of drug-likeness (QED) is 0.523. The van der Waals surface area contributed by atoms with Crippen LogP contribution in [-0.2, 0) is 18.3 Å². The normalized spacial score (nSPS) is 10.7. The average Bonchev–Trinajstić information content (AvgIpc) is 2.58. The number of hydrogen-bond acceptors (Lipinski definition) is 4. The number of hydrogen-bond donors (Lipinski definition) is 1. The summed E-state index contributed by atoms with van der Waals surface area (Å²) >= 11 is 5.45. The highest BCUT2D eigenvalue weighted by atomic mass is 35.5. The zero-order chi connectivity index (χ0) is 10.2. The highest BCUT2D eigenvalue weighted by Crippen LogP contribution is 1.88. The number of aromatic nitrogens is 3. The number of halogens is 1. The van der Waals surface area contributed by atoms with Crippen molar-refractivity contribution in [1.29, 1.82) is 0 Å². The number of rotatable bonds is 7. The van der Waals surface area contributed by atoms with Crippen molar-refractivity contribution in [2.45, 2.75) is 6.54 Å². The largest absolute Gasteiger partial charge is 0.379 e. The van der Waals surface area contributed by atoms with Crippen LogP contribution in [0.1, 0.15) is 5.82 Å². The Morgan fingerprint density at radius 3 is 3.07 bits per heavy atom. The van der Waals surface area contributed by atoms with E-state index in [9.17, 15) is 0 Å². The highest BCUT2D eigenvalue weighted by Gasteiger charge is 1.98. The van der Waals surface area contributed by atoms with E-state index in [-0.39, 0.29) is 0 Å². The molecule has 1 N–H and O–H groups in total. The van der Waals surface area contributed by atoms with Crippen molar-refractivity contribution in [3.8, 4) is 0 Å². The van der Waals surface area contributed by atoms with Gasteiger partial charge in [0.1, 0.15) is 12.2 Å². The Morgan fingerprint density at radius 2 is 2.43 bits per heavy atom. The highest BCUT2D eigenvalue weighted by molar-refractivity contribution is 6.17. The standard InChI is InChI=1S/C8H15ClN4O/c1-13-8(11-7-12-13)6-10-3-5-14-4-2-9/h7,10H,2-6H2,1H3. The van der Waals surface area contributed by atoms with Gasteiger partial charge in [0, 0.05) is 19.5 Å². The molecule has 6 heteroatoms. The van der Waals surface area contributed by atoms with Gasteiger partial charge in [-0.3, -0.25) is 4.68 Å². The maximum Gasteiger partial charge on any atom is 0.140 e. The Bertz CT molecular complexity index is 253. The fourth-order valence-corrected chi connectivity index (χ4v) is 1.09. The van der Waals surface area contributed by atoms with Gasteiger partial charge in [0.2, 0.25) is 0 Å². The summed E-state index contributed by atoms with van der Waals surface area (Å²) in [5, 5.41) is 7.16. The Hall–Kier alpha value is -0.650. The van der Waals surface area contributed by atoms with Crippen LogP contribution in [0.3, 0.4) is 0 Å². The molecule has 0 fully saturated rings. The first-order valence-corrected chi connectivity index (χ1v) is 5.05. The van der Waals surface area contributed by atoms with Crippen LogP contribution >= 0.6 is 11.6 Å². The van der Waals surface area contributed by atoms with Crippen LogP contribution in [0.2, 0.25) is 0 Å². The lowest BCUT2D eigenvalue weighted by molar-refractivity contribution is 0.150. The fraction of sp³-hybridized carbons (Fsp3) is 0.750. The van der Waals surface area contributed by atoms with E-state index >= 15 is 0 Å². The molecular formula is C8H15ClN4O. The number of alkyl halides is 1. The van der Waals surface area contributed by atoms with E-state index in [1.165, 1.54) is 0 Å². The first-order chi connectivity index (χ1) is 6.84. The molecule has 0 aromatic carbocycles. The van der Waals surface area contributed by atoms with E-state index in [0.29, 0.717) is 25.6 Å². The summed E-state index contributed by atoms with van der Waals surface area (Å²) in [5.74, 6) is 1.46. The van der Waals surface area contributed by atoms with Gasteiger partial charge < -0.3 is 10.1 Å². The van der Waals surface area contributed by atoms with Gasteiger partial charge in [0.15, 0.2) is 0 Å². The third kappa shape index (κ3) is 4.04. The van der Waals surface area contributed by atoms with Gasteiger partial charge in [0.25, 0.3) is 0 Å². The van der Waals surface area contributed by atoms with Crippen LogP contribution in [0.15, 0.2) is 6.33 Å². The van der Waals surface area contributed by atoms with Crippen LogP contribution in [-0.4, -0.2) is 40.4 Å². The SMILES string of the molecule is Cn1ncnc1CNCCOCCCl. The zero-order valence-corrected chi connectivity index (χ0v) is 9.00. The average molecular weight is 219 g/mol. The molecule has 0 saturated carbocycles. The Labute approximate surface area is 88.4 Å². The summed E-state index contributed by atoms with van der Waals surface area (Å²) in [7, 11) is 1.87. The van der Waals surface area contributed by atoms with Crippen molar-refractivity contribution in [2.24, 2.45) is 7.05 Å². The molecule has 1 aromatic heterocycles. The molecule has 0 radical (unpaired) electrons. The molecule has 0 spiro atoms. The molecular weight excluding hydrogens is 204 g/mol. The van der Waals surface area contributed by atoms with Crippen molar-refractivity contribution >= 4 is 11.6 Å². The van der Waals surface area contributed by atoms with Gasteiger partial charge in [-0.1, -0.05) is 0 Å². The molecule has 0 bridgehead atoms. The zero-order valence-electron chi connectivity index (χ0n) is 8.24. The van der Waals surface area contributed by atoms with Crippen molar-refractivity contribution in [3.05, 3.63) is 12.2 Å². The van der Waals surface area contributed by atoms with Crippen LogP contribution in [0.4, 0.5) is 0 Å². The lowest BCUT2D eigenvalue weighted by Gasteiger charge is -2.04. The molecule has 0 amide bonds. The minimum absolute atomic E-state index is 0.545. The molecule has 0 unspecified atom stereocenters. The van der Waals surface area contributed by atoms with Gasteiger partial charge in [-0.2, -0.15) is 5.10 Å². The second-order valence-corrected chi connectivity index (χ2v) is 3.16. The third-order valence-corrected chi connectivity index (χ3v) is 1.89. The lowest BCUT2D eigenvalue weighted by Crippen LogP contribution is -2.21. The topological polar surface area (TPSA) is 52.0 Å². The maximum absolute atomic E-state index is 5.45. The number of aryl methyl sites for hydroxylation is 1. The predicted molar refractivity (Wildman–Crippen MR) is 54.2 cm³/mol. The molecule has 1 heterocycles. The van der Waals surface area contributed by atoms with E-state index in [1.807, 2.05) is 7.05 Å². The second-order valence-electron chi connectivity index (χ2n) is 2.78. The molecule has 80 valence electrons. The van der Waals surface area contributed by atoms with Crippen molar-refractivity contribution < 1.29 is 4.74 Å².